The van der Waals surface area contributed by atoms with Crippen molar-refractivity contribution in [1.29, 1.82) is 0 Å². The van der Waals surface area contributed by atoms with Crippen molar-refractivity contribution < 1.29 is 37.9 Å². The van der Waals surface area contributed by atoms with E-state index in [4.69, 9.17) is 37.9 Å². The Morgan fingerprint density at radius 2 is 0.824 bits per heavy atom. The van der Waals surface area contributed by atoms with E-state index in [2.05, 4.69) is 151 Å². The first kappa shape index (κ1) is 47.4. The molecule has 0 spiro atoms. The van der Waals surface area contributed by atoms with E-state index in [1.807, 2.05) is 6.08 Å². The molecule has 4 saturated heterocycles. The Kier molecular flexibility index (Phi) is 14.9. The summed E-state index contributed by atoms with van der Waals surface area (Å²) in [7, 11) is 0. The quantitative estimate of drug-likeness (QED) is 0.0308. The van der Waals surface area contributed by atoms with Gasteiger partial charge in [0.1, 0.15) is 73.8 Å². The third kappa shape index (κ3) is 12.5. The maximum atomic E-state index is 6.39. The Labute approximate surface area is 403 Å². The minimum atomic E-state index is -0.103. The summed E-state index contributed by atoms with van der Waals surface area (Å²) >= 11 is 0. The molecule has 0 aromatic heterocycles. The van der Waals surface area contributed by atoms with E-state index in [1.54, 1.807) is 0 Å². The molecule has 4 aliphatic rings. The van der Waals surface area contributed by atoms with E-state index in [9.17, 15) is 0 Å². The van der Waals surface area contributed by atoms with E-state index in [1.165, 1.54) is 38.9 Å². The van der Waals surface area contributed by atoms with Crippen LogP contribution in [-0.2, 0) is 38.2 Å². The van der Waals surface area contributed by atoms with Crippen molar-refractivity contribution in [3.63, 3.8) is 0 Å². The number of benzene rings is 5. The molecule has 0 amide bonds. The second-order valence-corrected chi connectivity index (χ2v) is 19.9. The Morgan fingerprint density at radius 3 is 1.18 bits per heavy atom. The Hall–Kier alpha value is -5.64. The molecule has 68 heavy (non-hydrogen) atoms. The fourth-order valence-electron chi connectivity index (χ4n) is 9.07. The Bertz CT molecular complexity index is 2500. The van der Waals surface area contributed by atoms with Gasteiger partial charge in [0.25, 0.3) is 0 Å². The van der Waals surface area contributed by atoms with Crippen LogP contribution in [0.3, 0.4) is 0 Å². The van der Waals surface area contributed by atoms with E-state index < -0.39 is 0 Å². The Balaban J connectivity index is 1.14. The molecule has 356 valence electrons. The first-order valence-corrected chi connectivity index (χ1v) is 24.5. The molecule has 4 aliphatic heterocycles. The van der Waals surface area contributed by atoms with Gasteiger partial charge in [-0.1, -0.05) is 124 Å². The molecule has 4 fully saturated rings. The van der Waals surface area contributed by atoms with Gasteiger partial charge in [-0.05, 0) is 113 Å². The maximum Gasteiger partial charge on any atom is 0.123 e. The lowest BCUT2D eigenvalue weighted by Crippen LogP contribution is -2.11. The molecule has 0 N–H and O–H groups in total. The zero-order valence-electron chi connectivity index (χ0n) is 40.6. The maximum absolute atomic E-state index is 6.39. The summed E-state index contributed by atoms with van der Waals surface area (Å²) in [6, 6.07) is 36.0. The van der Waals surface area contributed by atoms with Crippen LogP contribution in [0.5, 0.6) is 23.0 Å². The van der Waals surface area contributed by atoms with Gasteiger partial charge in [-0.25, -0.2) is 0 Å². The van der Waals surface area contributed by atoms with E-state index in [0.29, 0.717) is 45.2 Å². The normalized spacial score (nSPS) is 20.2. The first-order chi connectivity index (χ1) is 33.0. The molecule has 0 radical (unpaired) electrons. The molecular weight excluding hydrogens is 849 g/mol. The van der Waals surface area contributed by atoms with Gasteiger partial charge in [-0.2, -0.15) is 0 Å². The van der Waals surface area contributed by atoms with Crippen molar-refractivity contribution in [2.24, 2.45) is 5.92 Å². The smallest absolute Gasteiger partial charge is 0.123 e. The van der Waals surface area contributed by atoms with Crippen molar-refractivity contribution in [3.05, 3.63) is 190 Å². The van der Waals surface area contributed by atoms with Crippen LogP contribution in [0.4, 0.5) is 0 Å². The fraction of sp³-hybridized carbons (Fsp3) is 0.400. The number of allylic oxidation sites excluding steroid dienone is 3. The number of hydrogen-bond acceptors (Lipinski definition) is 8. The molecule has 6 atom stereocenters. The highest BCUT2D eigenvalue weighted by atomic mass is 16.6. The molecule has 9 rings (SSSR count). The number of rotatable bonds is 26. The fourth-order valence-corrected chi connectivity index (χ4v) is 9.07. The minimum absolute atomic E-state index is 0.0768. The van der Waals surface area contributed by atoms with Crippen molar-refractivity contribution in [1.82, 2.24) is 0 Å². The number of epoxide rings is 4. The highest BCUT2D eigenvalue weighted by molar-refractivity contribution is 5.55. The minimum Gasteiger partial charge on any atom is -0.491 e. The van der Waals surface area contributed by atoms with Crippen LogP contribution in [0.15, 0.2) is 134 Å². The number of ether oxygens (including phenoxy) is 8. The van der Waals surface area contributed by atoms with Crippen LogP contribution < -0.4 is 18.9 Å². The summed E-state index contributed by atoms with van der Waals surface area (Å²) in [5.41, 5.74) is 13.7. The van der Waals surface area contributed by atoms with Crippen LogP contribution in [0.1, 0.15) is 108 Å². The molecule has 0 aliphatic carbocycles. The van der Waals surface area contributed by atoms with Crippen LogP contribution in [0.25, 0.3) is 0 Å². The van der Waals surface area contributed by atoms with Crippen LogP contribution in [0.2, 0.25) is 0 Å². The van der Waals surface area contributed by atoms with Gasteiger partial charge in [0.15, 0.2) is 0 Å². The lowest BCUT2D eigenvalue weighted by molar-refractivity contribution is 0.260. The van der Waals surface area contributed by atoms with Crippen LogP contribution in [-0.4, -0.2) is 77.3 Å². The highest BCUT2D eigenvalue weighted by Crippen LogP contribution is 2.42. The van der Waals surface area contributed by atoms with Crippen LogP contribution >= 0.6 is 0 Å². The van der Waals surface area contributed by atoms with Gasteiger partial charge in [-0.15, -0.1) is 6.58 Å². The highest BCUT2D eigenvalue weighted by Gasteiger charge is 2.29. The van der Waals surface area contributed by atoms with E-state index >= 15 is 0 Å². The first-order valence-electron chi connectivity index (χ1n) is 24.5. The van der Waals surface area contributed by atoms with Crippen molar-refractivity contribution in [3.8, 4) is 23.0 Å². The summed E-state index contributed by atoms with van der Waals surface area (Å²) in [5.74, 6) is 3.86. The molecule has 5 aromatic carbocycles. The topological polar surface area (TPSA) is 87.0 Å². The van der Waals surface area contributed by atoms with Gasteiger partial charge in [0.05, 0.1) is 26.4 Å². The van der Waals surface area contributed by atoms with Crippen molar-refractivity contribution in [2.45, 2.75) is 96.1 Å². The van der Waals surface area contributed by atoms with Crippen molar-refractivity contribution in [2.75, 3.05) is 52.9 Å². The molecular formula is C60H68O8. The molecule has 5 aromatic rings. The zero-order valence-corrected chi connectivity index (χ0v) is 40.6. The zero-order chi connectivity index (χ0) is 47.3. The summed E-state index contributed by atoms with van der Waals surface area (Å²) in [5, 5.41) is 0. The monoisotopic (exact) mass is 916 g/mol. The molecule has 0 bridgehead atoms. The lowest BCUT2D eigenvalue weighted by atomic mass is 9.79. The summed E-state index contributed by atoms with van der Waals surface area (Å²) in [4.78, 5) is 0. The van der Waals surface area contributed by atoms with Gasteiger partial charge in [0.2, 0.25) is 0 Å². The number of hydrogen-bond donors (Lipinski definition) is 0. The molecule has 8 nitrogen and oxygen atoms in total. The van der Waals surface area contributed by atoms with Crippen molar-refractivity contribution >= 4 is 0 Å². The molecule has 8 heteroatoms. The van der Waals surface area contributed by atoms with Gasteiger partial charge in [0, 0.05) is 23.3 Å². The average molecular weight is 917 g/mol. The van der Waals surface area contributed by atoms with E-state index in [-0.39, 0.29) is 42.2 Å². The SMILES string of the molecule is C=CC(C)c1cc(C(c2ccc(C(c3ccc(OCC4CO4)c(CC(=C)C)c3)c3ccc(OCC4CO4)c(CC(=C)C)c3)cc2)c2ccc(OCC3CO3)c(CC(C)C)c2)ccc1OCC1CO1. The average Bonchev–Trinajstić information content (AvgIpc) is 4.10. The lowest BCUT2D eigenvalue weighted by Gasteiger charge is -2.25. The van der Waals surface area contributed by atoms with Gasteiger partial charge >= 0.3 is 0 Å². The van der Waals surface area contributed by atoms with E-state index in [0.717, 1.165) is 83.7 Å². The second kappa shape index (κ2) is 21.3. The van der Waals surface area contributed by atoms with Gasteiger partial charge < -0.3 is 37.9 Å². The Morgan fingerprint density at radius 1 is 0.500 bits per heavy atom. The third-order valence-corrected chi connectivity index (χ3v) is 13.0. The molecule has 6 unspecified atom stereocenters. The molecule has 0 saturated carbocycles. The predicted molar refractivity (Wildman–Crippen MR) is 269 cm³/mol. The summed E-state index contributed by atoms with van der Waals surface area (Å²) < 4.78 is 47.5. The standard InChI is InChI=1S/C60H68O8/c1-9-40(8)54-28-46(17-21-58(54)68-36-53-32-64-53)60(45-16-20-57(67-35-52-31-63-52)49(27-45)24-39(6)7)42-12-10-41(11-13-42)59(43-14-18-55(65-33-50-29-61-50)47(25-43)22-37(2)3)44-15-19-56(66-34-51-30-62-51)48(26-44)23-38(4)5/h9-21,25-28,39-40,50-53,59-60H,1-2,4,22-24,29-36H2,3,5-8H3. The predicted octanol–water partition coefficient (Wildman–Crippen LogP) is 11.9. The largest absolute Gasteiger partial charge is 0.491 e. The van der Waals surface area contributed by atoms with Crippen LogP contribution in [0, 0.1) is 5.92 Å². The molecule has 4 heterocycles. The second-order valence-electron chi connectivity index (χ2n) is 19.9. The third-order valence-electron chi connectivity index (χ3n) is 13.0. The van der Waals surface area contributed by atoms with Gasteiger partial charge in [-0.3, -0.25) is 0 Å². The summed E-state index contributed by atoms with van der Waals surface area (Å²) in [6.07, 6.45) is 4.94. The summed E-state index contributed by atoms with van der Waals surface area (Å²) in [6.45, 7) is 28.8.